The van der Waals surface area contributed by atoms with Gasteiger partial charge >= 0.3 is 0 Å². The van der Waals surface area contributed by atoms with Crippen LogP contribution in [0.4, 0.5) is 4.39 Å². The molecule has 1 atom stereocenters. The van der Waals surface area contributed by atoms with Gasteiger partial charge in [-0.25, -0.2) is 4.39 Å². The van der Waals surface area contributed by atoms with Gasteiger partial charge < -0.3 is 10.4 Å². The van der Waals surface area contributed by atoms with Gasteiger partial charge in [0.2, 0.25) is 5.91 Å². The summed E-state index contributed by atoms with van der Waals surface area (Å²) in [6, 6.07) is 6.20. The van der Waals surface area contributed by atoms with Crippen molar-refractivity contribution in [1.82, 2.24) is 5.32 Å². The SMILES string of the molecule is CCC(C)(CO)NC(=O)CCSc1ccc(F)cc1. The van der Waals surface area contributed by atoms with Crippen molar-refractivity contribution in [2.75, 3.05) is 12.4 Å². The van der Waals surface area contributed by atoms with E-state index in [0.29, 0.717) is 18.6 Å². The molecule has 5 heteroatoms. The van der Waals surface area contributed by atoms with Gasteiger partial charge in [0.1, 0.15) is 5.82 Å². The third-order valence-electron chi connectivity index (χ3n) is 2.98. The van der Waals surface area contributed by atoms with Gasteiger partial charge in [-0.1, -0.05) is 6.92 Å². The van der Waals surface area contributed by atoms with Crippen LogP contribution in [0, 0.1) is 5.82 Å². The van der Waals surface area contributed by atoms with Crippen molar-refractivity contribution < 1.29 is 14.3 Å². The fraction of sp³-hybridized carbons (Fsp3) is 0.500. The summed E-state index contributed by atoms with van der Waals surface area (Å²) in [4.78, 5) is 12.7. The number of hydrogen-bond donors (Lipinski definition) is 2. The smallest absolute Gasteiger partial charge is 0.221 e. The molecule has 1 aromatic rings. The molecule has 0 fully saturated rings. The van der Waals surface area contributed by atoms with Crippen LogP contribution in [0.25, 0.3) is 0 Å². The first-order valence-corrected chi connectivity index (χ1v) is 7.28. The Kier molecular flexibility index (Phi) is 6.31. The summed E-state index contributed by atoms with van der Waals surface area (Å²) in [6.45, 7) is 3.67. The van der Waals surface area contributed by atoms with Gasteiger partial charge in [0.15, 0.2) is 0 Å². The van der Waals surface area contributed by atoms with Crippen LogP contribution in [-0.4, -0.2) is 28.9 Å². The van der Waals surface area contributed by atoms with E-state index in [4.69, 9.17) is 0 Å². The lowest BCUT2D eigenvalue weighted by atomic mass is 10.0. The van der Waals surface area contributed by atoms with Crippen molar-refractivity contribution >= 4 is 17.7 Å². The van der Waals surface area contributed by atoms with E-state index in [0.717, 1.165) is 4.90 Å². The molecule has 0 aliphatic rings. The molecular formula is C14H20FNO2S. The Morgan fingerprint density at radius 2 is 2.05 bits per heavy atom. The highest BCUT2D eigenvalue weighted by molar-refractivity contribution is 7.99. The molecule has 3 nitrogen and oxygen atoms in total. The predicted molar refractivity (Wildman–Crippen MR) is 75.7 cm³/mol. The van der Waals surface area contributed by atoms with Crippen molar-refractivity contribution in [3.8, 4) is 0 Å². The molecule has 0 aliphatic carbocycles. The summed E-state index contributed by atoms with van der Waals surface area (Å²) >= 11 is 1.51. The van der Waals surface area contributed by atoms with Crippen LogP contribution in [-0.2, 0) is 4.79 Å². The second-order valence-corrected chi connectivity index (χ2v) is 5.84. The van der Waals surface area contributed by atoms with Crippen molar-refractivity contribution in [3.63, 3.8) is 0 Å². The topological polar surface area (TPSA) is 49.3 Å². The first-order valence-electron chi connectivity index (χ1n) is 6.29. The number of carbonyl (C=O) groups is 1. The van der Waals surface area contributed by atoms with Crippen molar-refractivity contribution in [2.45, 2.75) is 37.1 Å². The molecule has 1 aromatic carbocycles. The zero-order valence-electron chi connectivity index (χ0n) is 11.3. The highest BCUT2D eigenvalue weighted by Gasteiger charge is 2.22. The summed E-state index contributed by atoms with van der Waals surface area (Å²) < 4.78 is 12.7. The second-order valence-electron chi connectivity index (χ2n) is 4.67. The molecule has 0 saturated heterocycles. The lowest BCUT2D eigenvalue weighted by molar-refractivity contribution is -0.123. The van der Waals surface area contributed by atoms with Crippen LogP contribution in [0.15, 0.2) is 29.2 Å². The van der Waals surface area contributed by atoms with Crippen LogP contribution >= 0.6 is 11.8 Å². The average Bonchev–Trinajstić information content (AvgIpc) is 2.41. The summed E-state index contributed by atoms with van der Waals surface area (Å²) in [5.41, 5.74) is -0.544. The summed E-state index contributed by atoms with van der Waals surface area (Å²) in [5.74, 6) is 0.291. The van der Waals surface area contributed by atoms with E-state index in [9.17, 15) is 14.3 Å². The Hall–Kier alpha value is -1.07. The Bertz CT molecular complexity index is 404. The van der Waals surface area contributed by atoms with Gasteiger partial charge in [-0.15, -0.1) is 11.8 Å². The zero-order valence-corrected chi connectivity index (χ0v) is 12.1. The number of benzene rings is 1. The molecule has 0 spiro atoms. The van der Waals surface area contributed by atoms with Gasteiger partial charge in [0, 0.05) is 17.1 Å². The molecule has 0 radical (unpaired) electrons. The number of aliphatic hydroxyl groups is 1. The molecule has 0 bridgehead atoms. The van der Waals surface area contributed by atoms with E-state index in [1.54, 1.807) is 12.1 Å². The van der Waals surface area contributed by atoms with Crippen LogP contribution < -0.4 is 5.32 Å². The number of carbonyl (C=O) groups excluding carboxylic acids is 1. The summed E-state index contributed by atoms with van der Waals surface area (Å²) in [5, 5.41) is 12.0. The molecule has 2 N–H and O–H groups in total. The van der Waals surface area contributed by atoms with Gasteiger partial charge in [0.05, 0.1) is 12.1 Å². The maximum absolute atomic E-state index is 12.7. The third-order valence-corrected chi connectivity index (χ3v) is 4.00. The Labute approximate surface area is 117 Å². The average molecular weight is 285 g/mol. The van der Waals surface area contributed by atoms with E-state index in [1.807, 2.05) is 13.8 Å². The first-order chi connectivity index (χ1) is 8.99. The van der Waals surface area contributed by atoms with Crippen LogP contribution in [0.2, 0.25) is 0 Å². The van der Waals surface area contributed by atoms with E-state index in [-0.39, 0.29) is 18.3 Å². The molecule has 106 valence electrons. The molecule has 19 heavy (non-hydrogen) atoms. The minimum Gasteiger partial charge on any atom is -0.394 e. The number of rotatable bonds is 7. The lowest BCUT2D eigenvalue weighted by Crippen LogP contribution is -2.48. The van der Waals surface area contributed by atoms with E-state index < -0.39 is 5.54 Å². The zero-order chi connectivity index (χ0) is 14.3. The van der Waals surface area contributed by atoms with E-state index in [2.05, 4.69) is 5.32 Å². The maximum atomic E-state index is 12.7. The number of thioether (sulfide) groups is 1. The first kappa shape index (κ1) is 16.0. The Morgan fingerprint density at radius 3 is 2.58 bits per heavy atom. The monoisotopic (exact) mass is 285 g/mol. The van der Waals surface area contributed by atoms with Gasteiger partial charge in [-0.3, -0.25) is 4.79 Å². The molecule has 0 heterocycles. The van der Waals surface area contributed by atoms with Crippen molar-refractivity contribution in [2.24, 2.45) is 0 Å². The normalized spacial score (nSPS) is 13.9. The fourth-order valence-corrected chi connectivity index (χ4v) is 2.28. The maximum Gasteiger partial charge on any atom is 0.221 e. The number of aliphatic hydroxyl groups excluding tert-OH is 1. The molecule has 1 unspecified atom stereocenters. The molecule has 0 saturated carbocycles. The summed E-state index contributed by atoms with van der Waals surface area (Å²) in [7, 11) is 0. The van der Waals surface area contributed by atoms with Gasteiger partial charge in [-0.05, 0) is 37.6 Å². The van der Waals surface area contributed by atoms with Crippen molar-refractivity contribution in [3.05, 3.63) is 30.1 Å². The number of halogens is 1. The van der Waals surface area contributed by atoms with Crippen LogP contribution in [0.1, 0.15) is 26.7 Å². The Morgan fingerprint density at radius 1 is 1.42 bits per heavy atom. The van der Waals surface area contributed by atoms with Crippen molar-refractivity contribution in [1.29, 1.82) is 0 Å². The minimum absolute atomic E-state index is 0.0691. The van der Waals surface area contributed by atoms with Crippen LogP contribution in [0.5, 0.6) is 0 Å². The largest absolute Gasteiger partial charge is 0.394 e. The quantitative estimate of drug-likeness (QED) is 0.757. The van der Waals surface area contributed by atoms with Gasteiger partial charge in [0.25, 0.3) is 0 Å². The summed E-state index contributed by atoms with van der Waals surface area (Å²) in [6.07, 6.45) is 1.05. The van der Waals surface area contributed by atoms with Crippen LogP contribution in [0.3, 0.4) is 0 Å². The highest BCUT2D eigenvalue weighted by Crippen LogP contribution is 2.19. The predicted octanol–water partition coefficient (Wildman–Crippen LogP) is 2.59. The highest BCUT2D eigenvalue weighted by atomic mass is 32.2. The Balaban J connectivity index is 2.33. The molecular weight excluding hydrogens is 265 g/mol. The number of hydrogen-bond acceptors (Lipinski definition) is 3. The lowest BCUT2D eigenvalue weighted by Gasteiger charge is -2.27. The third kappa shape index (κ3) is 5.61. The molecule has 0 aromatic heterocycles. The molecule has 1 amide bonds. The van der Waals surface area contributed by atoms with E-state index in [1.165, 1.54) is 23.9 Å². The van der Waals surface area contributed by atoms with E-state index >= 15 is 0 Å². The fourth-order valence-electron chi connectivity index (χ4n) is 1.43. The number of nitrogens with one attached hydrogen (secondary N) is 1. The minimum atomic E-state index is -0.544. The van der Waals surface area contributed by atoms with Gasteiger partial charge in [-0.2, -0.15) is 0 Å². The number of amides is 1. The molecule has 0 aliphatic heterocycles. The standard InChI is InChI=1S/C14H20FNO2S/c1-3-14(2,10-17)16-13(18)8-9-19-12-6-4-11(15)5-7-12/h4-7,17H,3,8-10H2,1-2H3,(H,16,18). The molecule has 1 rings (SSSR count). The second kappa shape index (κ2) is 7.50.